The first kappa shape index (κ1) is 12.7. The average Bonchev–Trinajstić information content (AvgIpc) is 2.97. The summed E-state index contributed by atoms with van der Waals surface area (Å²) in [5, 5.41) is 0. The summed E-state index contributed by atoms with van der Waals surface area (Å²) in [6.07, 6.45) is 0.707. The monoisotopic (exact) mass is 274 g/mol. The van der Waals surface area contributed by atoms with Gasteiger partial charge in [-0.3, -0.25) is 4.79 Å². The van der Waals surface area contributed by atoms with Crippen molar-refractivity contribution in [2.45, 2.75) is 0 Å². The van der Waals surface area contributed by atoms with Crippen molar-refractivity contribution in [2.24, 2.45) is 0 Å². The van der Waals surface area contributed by atoms with Crippen LogP contribution < -0.4 is 9.80 Å². The number of rotatable bonds is 3. The van der Waals surface area contributed by atoms with Gasteiger partial charge in [0.05, 0.1) is 0 Å². The summed E-state index contributed by atoms with van der Waals surface area (Å²) in [5.74, 6) is 0.858. The Bertz CT molecular complexity index is 586. The van der Waals surface area contributed by atoms with Crippen molar-refractivity contribution in [3.05, 3.63) is 48.0 Å². The van der Waals surface area contributed by atoms with Gasteiger partial charge in [-0.05, 0) is 30.3 Å². The van der Waals surface area contributed by atoms with E-state index in [-0.39, 0.29) is 5.82 Å². The van der Waals surface area contributed by atoms with E-state index < -0.39 is 0 Å². The van der Waals surface area contributed by atoms with Gasteiger partial charge in [-0.1, -0.05) is 0 Å². The van der Waals surface area contributed by atoms with Crippen molar-refractivity contribution in [3.8, 4) is 0 Å². The standard InChI is InChI=1S/C15H15FN2O2/c16-12-1-3-13(4-2-12)17-7-9-18(10-8-17)15-6-5-14(11-19)20-15/h1-6,11H,7-10H2. The zero-order chi connectivity index (χ0) is 13.9. The molecule has 20 heavy (non-hydrogen) atoms. The minimum atomic E-state index is -0.218. The number of halogens is 1. The topological polar surface area (TPSA) is 36.7 Å². The molecule has 1 aliphatic rings. The maximum atomic E-state index is 12.9. The molecule has 0 aliphatic carbocycles. The number of benzene rings is 1. The quantitative estimate of drug-likeness (QED) is 0.806. The van der Waals surface area contributed by atoms with Gasteiger partial charge in [0.25, 0.3) is 0 Å². The van der Waals surface area contributed by atoms with Gasteiger partial charge in [-0.2, -0.15) is 0 Å². The molecule has 1 aromatic carbocycles. The van der Waals surface area contributed by atoms with E-state index in [0.29, 0.717) is 12.0 Å². The van der Waals surface area contributed by atoms with Crippen LogP contribution in [-0.4, -0.2) is 32.5 Å². The zero-order valence-corrected chi connectivity index (χ0v) is 11.0. The maximum Gasteiger partial charge on any atom is 0.196 e. The molecule has 2 aromatic rings. The summed E-state index contributed by atoms with van der Waals surface area (Å²) in [6, 6.07) is 10.0. The van der Waals surface area contributed by atoms with Crippen molar-refractivity contribution in [3.63, 3.8) is 0 Å². The van der Waals surface area contributed by atoms with Crippen molar-refractivity contribution in [2.75, 3.05) is 36.0 Å². The number of carbonyl (C=O) groups is 1. The lowest BCUT2D eigenvalue weighted by Crippen LogP contribution is -2.46. The molecule has 0 unspecified atom stereocenters. The normalized spacial score (nSPS) is 15.4. The molecule has 2 heterocycles. The Morgan fingerprint density at radius 3 is 2.20 bits per heavy atom. The first-order valence-corrected chi connectivity index (χ1v) is 6.57. The number of hydrogen-bond acceptors (Lipinski definition) is 4. The van der Waals surface area contributed by atoms with E-state index in [9.17, 15) is 9.18 Å². The van der Waals surface area contributed by atoms with Crippen molar-refractivity contribution in [1.29, 1.82) is 0 Å². The predicted octanol–water partition coefficient (Wildman–Crippen LogP) is 2.56. The molecular formula is C15H15FN2O2. The predicted molar refractivity (Wildman–Crippen MR) is 74.9 cm³/mol. The Morgan fingerprint density at radius 1 is 0.950 bits per heavy atom. The van der Waals surface area contributed by atoms with Gasteiger partial charge in [0, 0.05) is 37.9 Å². The van der Waals surface area contributed by atoms with E-state index in [0.717, 1.165) is 37.8 Å². The molecule has 0 atom stereocenters. The number of nitrogens with zero attached hydrogens (tertiary/aromatic N) is 2. The number of carbonyl (C=O) groups excluding carboxylic acids is 1. The van der Waals surface area contributed by atoms with Crippen LogP contribution in [0.5, 0.6) is 0 Å². The third kappa shape index (κ3) is 2.52. The molecule has 0 bridgehead atoms. The van der Waals surface area contributed by atoms with Gasteiger partial charge in [0.15, 0.2) is 17.9 Å². The third-order valence-corrected chi connectivity index (χ3v) is 3.51. The fraction of sp³-hybridized carbons (Fsp3) is 0.267. The lowest BCUT2D eigenvalue weighted by molar-refractivity contribution is 0.110. The van der Waals surface area contributed by atoms with Crippen LogP contribution in [0.25, 0.3) is 0 Å². The van der Waals surface area contributed by atoms with Crippen LogP contribution in [0.15, 0.2) is 40.8 Å². The smallest absolute Gasteiger partial charge is 0.196 e. The average molecular weight is 274 g/mol. The van der Waals surface area contributed by atoms with E-state index in [2.05, 4.69) is 9.80 Å². The van der Waals surface area contributed by atoms with Crippen LogP contribution in [0.2, 0.25) is 0 Å². The van der Waals surface area contributed by atoms with E-state index in [4.69, 9.17) is 4.42 Å². The number of piperazine rings is 1. The highest BCUT2D eigenvalue weighted by molar-refractivity contribution is 5.71. The van der Waals surface area contributed by atoms with Crippen LogP contribution in [0.1, 0.15) is 10.6 Å². The van der Waals surface area contributed by atoms with E-state index in [1.807, 2.05) is 6.07 Å². The molecule has 1 saturated heterocycles. The summed E-state index contributed by atoms with van der Waals surface area (Å²) in [5.41, 5.74) is 1.03. The lowest BCUT2D eigenvalue weighted by Gasteiger charge is -2.35. The zero-order valence-electron chi connectivity index (χ0n) is 11.0. The van der Waals surface area contributed by atoms with Gasteiger partial charge < -0.3 is 14.2 Å². The molecule has 0 amide bonds. The minimum Gasteiger partial charge on any atom is -0.438 e. The van der Waals surface area contributed by atoms with Crippen LogP contribution in [-0.2, 0) is 0 Å². The molecule has 1 aliphatic heterocycles. The van der Waals surface area contributed by atoms with E-state index in [1.165, 1.54) is 12.1 Å². The molecule has 1 aromatic heterocycles. The van der Waals surface area contributed by atoms with Crippen LogP contribution in [0.4, 0.5) is 16.0 Å². The SMILES string of the molecule is O=Cc1ccc(N2CCN(c3ccc(F)cc3)CC2)o1. The fourth-order valence-corrected chi connectivity index (χ4v) is 2.41. The Labute approximate surface area is 116 Å². The number of aldehydes is 1. The van der Waals surface area contributed by atoms with E-state index >= 15 is 0 Å². The summed E-state index contributed by atoms with van der Waals surface area (Å²) in [7, 11) is 0. The summed E-state index contributed by atoms with van der Waals surface area (Å²) < 4.78 is 18.3. The molecular weight excluding hydrogens is 259 g/mol. The summed E-state index contributed by atoms with van der Waals surface area (Å²) in [6.45, 7) is 3.29. The Morgan fingerprint density at radius 2 is 1.60 bits per heavy atom. The largest absolute Gasteiger partial charge is 0.438 e. The molecule has 104 valence electrons. The first-order chi connectivity index (χ1) is 9.76. The highest BCUT2D eigenvalue weighted by Gasteiger charge is 2.19. The Balaban J connectivity index is 1.64. The van der Waals surface area contributed by atoms with Gasteiger partial charge in [-0.15, -0.1) is 0 Å². The number of furan rings is 1. The molecule has 3 rings (SSSR count). The third-order valence-electron chi connectivity index (χ3n) is 3.51. The Kier molecular flexibility index (Phi) is 3.41. The van der Waals surface area contributed by atoms with Gasteiger partial charge in [-0.25, -0.2) is 4.39 Å². The van der Waals surface area contributed by atoms with Gasteiger partial charge in [0.1, 0.15) is 5.82 Å². The molecule has 5 heteroatoms. The van der Waals surface area contributed by atoms with E-state index in [1.54, 1.807) is 18.2 Å². The highest BCUT2D eigenvalue weighted by Crippen LogP contribution is 2.22. The summed E-state index contributed by atoms with van der Waals surface area (Å²) >= 11 is 0. The minimum absolute atomic E-state index is 0.218. The molecule has 0 N–H and O–H groups in total. The summed E-state index contributed by atoms with van der Waals surface area (Å²) in [4.78, 5) is 14.9. The van der Waals surface area contributed by atoms with Crippen molar-refractivity contribution >= 4 is 17.9 Å². The lowest BCUT2D eigenvalue weighted by atomic mass is 10.2. The molecule has 4 nitrogen and oxygen atoms in total. The Hall–Kier alpha value is -2.30. The van der Waals surface area contributed by atoms with Gasteiger partial charge >= 0.3 is 0 Å². The molecule has 0 saturated carbocycles. The second kappa shape index (κ2) is 5.36. The maximum absolute atomic E-state index is 12.9. The number of hydrogen-bond donors (Lipinski definition) is 0. The number of anilines is 2. The molecule has 0 radical (unpaired) electrons. The highest BCUT2D eigenvalue weighted by atomic mass is 19.1. The van der Waals surface area contributed by atoms with Crippen LogP contribution in [0.3, 0.4) is 0 Å². The van der Waals surface area contributed by atoms with Crippen LogP contribution in [0, 0.1) is 5.82 Å². The second-order valence-corrected chi connectivity index (χ2v) is 4.74. The van der Waals surface area contributed by atoms with Crippen LogP contribution >= 0.6 is 0 Å². The van der Waals surface area contributed by atoms with Crippen molar-refractivity contribution in [1.82, 2.24) is 0 Å². The van der Waals surface area contributed by atoms with Gasteiger partial charge in [0.2, 0.25) is 0 Å². The first-order valence-electron chi connectivity index (χ1n) is 6.57. The van der Waals surface area contributed by atoms with Crippen molar-refractivity contribution < 1.29 is 13.6 Å². The molecule has 1 fully saturated rings. The molecule has 0 spiro atoms. The fourth-order valence-electron chi connectivity index (χ4n) is 2.41. The second-order valence-electron chi connectivity index (χ2n) is 4.74.